The second-order valence-corrected chi connectivity index (χ2v) is 11.0. The van der Waals surface area contributed by atoms with E-state index in [-0.39, 0.29) is 30.4 Å². The van der Waals surface area contributed by atoms with Crippen LogP contribution in [0.5, 0.6) is 11.5 Å². The molecule has 9 nitrogen and oxygen atoms in total. The number of nitrogens with zero attached hydrogens (tertiary/aromatic N) is 1. The molecule has 1 aliphatic carbocycles. The van der Waals surface area contributed by atoms with Crippen LogP contribution in [0.3, 0.4) is 0 Å². The number of likely N-dealkylation sites (N-methyl/N-ethyl adjacent to an activating group) is 1. The number of fused-ring (bicyclic) bond motifs is 1. The van der Waals surface area contributed by atoms with Crippen molar-refractivity contribution in [3.63, 3.8) is 0 Å². The predicted octanol–water partition coefficient (Wildman–Crippen LogP) is 2.49. The number of phenolic OH excluding ortho intramolecular Hbond substituents is 1. The van der Waals surface area contributed by atoms with Gasteiger partial charge in [0.25, 0.3) is 0 Å². The lowest BCUT2D eigenvalue weighted by Crippen LogP contribution is -2.71. The highest BCUT2D eigenvalue weighted by atomic mass is 16.6. The lowest BCUT2D eigenvalue weighted by molar-refractivity contribution is -0.172. The summed E-state index contributed by atoms with van der Waals surface area (Å²) in [6, 6.07) is 11.5. The van der Waals surface area contributed by atoms with Crippen molar-refractivity contribution in [3.8, 4) is 11.5 Å². The summed E-state index contributed by atoms with van der Waals surface area (Å²) in [4.78, 5) is 27.8. The van der Waals surface area contributed by atoms with Crippen molar-refractivity contribution in [2.24, 2.45) is 5.73 Å². The smallest absolute Gasteiger partial charge is 0.352 e. The molecule has 2 aliphatic heterocycles. The van der Waals surface area contributed by atoms with Crippen molar-refractivity contribution in [1.82, 2.24) is 4.90 Å². The highest BCUT2D eigenvalue weighted by molar-refractivity contribution is 5.82. The Balaban J connectivity index is 1.38. The maximum atomic E-state index is 13.1. The zero-order valence-electron chi connectivity index (χ0n) is 22.7. The summed E-state index contributed by atoms with van der Waals surface area (Å²) in [6.45, 7) is 6.00. The average molecular weight is 537 g/mol. The van der Waals surface area contributed by atoms with E-state index in [0.29, 0.717) is 18.7 Å². The fourth-order valence-electron chi connectivity index (χ4n) is 6.47. The van der Waals surface area contributed by atoms with E-state index in [1.165, 1.54) is 6.92 Å². The topological polar surface area (TPSA) is 132 Å². The van der Waals surface area contributed by atoms with Gasteiger partial charge in [-0.2, -0.15) is 0 Å². The second kappa shape index (κ2) is 9.97. The first-order valence-electron chi connectivity index (χ1n) is 13.3. The Morgan fingerprint density at radius 3 is 2.64 bits per heavy atom. The SMILES string of the molecule is Cc1ccc(O)c2c1[C@]13CCN(C)[C@H](C)[C@]1(O)CC=C(OC(=O)[C@H](C)OC(=O)[C@@H](N)Cc1ccccc1)[C@@H]3O2. The first-order valence-corrected chi connectivity index (χ1v) is 13.3. The molecule has 1 fully saturated rings. The number of carbonyl (C=O) groups is 2. The fraction of sp³-hybridized carbons (Fsp3) is 0.467. The van der Waals surface area contributed by atoms with Crippen LogP contribution in [0.15, 0.2) is 54.3 Å². The maximum Gasteiger partial charge on any atom is 0.352 e. The monoisotopic (exact) mass is 536 g/mol. The van der Waals surface area contributed by atoms with Crippen molar-refractivity contribution in [2.75, 3.05) is 13.6 Å². The van der Waals surface area contributed by atoms with Gasteiger partial charge in [0, 0.05) is 18.0 Å². The van der Waals surface area contributed by atoms with Gasteiger partial charge in [-0.15, -0.1) is 0 Å². The number of piperidine rings is 1. The minimum atomic E-state index is -1.24. The van der Waals surface area contributed by atoms with Gasteiger partial charge in [0.1, 0.15) is 11.8 Å². The third kappa shape index (κ3) is 4.29. The molecule has 0 amide bonds. The van der Waals surface area contributed by atoms with Crippen LogP contribution in [0.2, 0.25) is 0 Å². The molecule has 3 aliphatic rings. The van der Waals surface area contributed by atoms with Gasteiger partial charge in [0.2, 0.25) is 0 Å². The molecule has 0 unspecified atom stereocenters. The molecule has 0 saturated carbocycles. The van der Waals surface area contributed by atoms with Crippen LogP contribution in [0, 0.1) is 6.92 Å². The number of rotatable bonds is 6. The number of carbonyl (C=O) groups excluding carboxylic acids is 2. The Morgan fingerprint density at radius 2 is 1.92 bits per heavy atom. The third-order valence-corrected chi connectivity index (χ3v) is 8.78. The number of aromatic hydroxyl groups is 1. The molecular weight excluding hydrogens is 500 g/mol. The Labute approximate surface area is 228 Å². The second-order valence-electron chi connectivity index (χ2n) is 11.0. The molecule has 208 valence electrons. The van der Waals surface area contributed by atoms with E-state index < -0.39 is 41.2 Å². The summed E-state index contributed by atoms with van der Waals surface area (Å²) in [5.74, 6) is -0.989. The van der Waals surface area contributed by atoms with Gasteiger partial charge in [0.15, 0.2) is 23.7 Å². The molecule has 0 aromatic heterocycles. The number of ether oxygens (including phenoxy) is 3. The number of hydrogen-bond acceptors (Lipinski definition) is 9. The Bertz CT molecular complexity index is 1310. The van der Waals surface area contributed by atoms with Gasteiger partial charge in [-0.3, -0.25) is 4.79 Å². The zero-order chi connectivity index (χ0) is 28.1. The van der Waals surface area contributed by atoms with Crippen LogP contribution in [-0.4, -0.2) is 70.5 Å². The molecule has 2 aromatic carbocycles. The fourth-order valence-corrected chi connectivity index (χ4v) is 6.47. The van der Waals surface area contributed by atoms with E-state index in [9.17, 15) is 19.8 Å². The molecule has 1 spiro atoms. The van der Waals surface area contributed by atoms with Gasteiger partial charge < -0.3 is 35.1 Å². The summed E-state index contributed by atoms with van der Waals surface area (Å²) >= 11 is 0. The van der Waals surface area contributed by atoms with Crippen molar-refractivity contribution < 1.29 is 34.0 Å². The van der Waals surface area contributed by atoms with Crippen LogP contribution < -0.4 is 10.5 Å². The lowest BCUT2D eigenvalue weighted by Gasteiger charge is -2.58. The number of esters is 2. The number of benzene rings is 2. The highest BCUT2D eigenvalue weighted by Crippen LogP contribution is 2.62. The molecule has 5 rings (SSSR count). The summed E-state index contributed by atoms with van der Waals surface area (Å²) in [7, 11) is 1.97. The number of aliphatic hydroxyl groups is 1. The number of phenols is 1. The third-order valence-electron chi connectivity index (χ3n) is 8.78. The van der Waals surface area contributed by atoms with E-state index in [1.807, 2.05) is 57.3 Å². The number of hydrogen-bond donors (Lipinski definition) is 3. The van der Waals surface area contributed by atoms with E-state index in [0.717, 1.165) is 16.7 Å². The van der Waals surface area contributed by atoms with Crippen LogP contribution in [-0.2, 0) is 30.9 Å². The largest absolute Gasteiger partial charge is 0.504 e. The van der Waals surface area contributed by atoms with Crippen LogP contribution in [0.25, 0.3) is 0 Å². The first kappa shape index (κ1) is 27.2. The molecule has 39 heavy (non-hydrogen) atoms. The molecule has 6 atom stereocenters. The molecular formula is C30H36N2O7. The van der Waals surface area contributed by atoms with Gasteiger partial charge >= 0.3 is 11.9 Å². The van der Waals surface area contributed by atoms with Crippen LogP contribution >= 0.6 is 0 Å². The maximum absolute atomic E-state index is 13.1. The van der Waals surface area contributed by atoms with Crippen molar-refractivity contribution in [3.05, 3.63) is 71.0 Å². The number of nitrogens with two attached hydrogens (primary N) is 1. The molecule has 2 heterocycles. The predicted molar refractivity (Wildman–Crippen MR) is 143 cm³/mol. The molecule has 4 N–H and O–H groups in total. The number of likely N-dealkylation sites (tertiary alicyclic amines) is 1. The highest BCUT2D eigenvalue weighted by Gasteiger charge is 2.69. The van der Waals surface area contributed by atoms with E-state index in [2.05, 4.69) is 4.90 Å². The van der Waals surface area contributed by atoms with Gasteiger partial charge in [-0.05, 0) is 70.5 Å². The van der Waals surface area contributed by atoms with Gasteiger partial charge in [-0.25, -0.2) is 4.79 Å². The molecule has 2 aromatic rings. The van der Waals surface area contributed by atoms with E-state index in [4.69, 9.17) is 19.9 Å². The average Bonchev–Trinajstić information content (AvgIpc) is 3.28. The quantitative estimate of drug-likeness (QED) is 0.477. The zero-order valence-corrected chi connectivity index (χ0v) is 22.7. The molecule has 1 saturated heterocycles. The summed E-state index contributed by atoms with van der Waals surface area (Å²) < 4.78 is 17.5. The molecule has 0 radical (unpaired) electrons. The van der Waals surface area contributed by atoms with Crippen molar-refractivity contribution in [1.29, 1.82) is 0 Å². The normalized spacial score (nSPS) is 29.1. The van der Waals surface area contributed by atoms with E-state index >= 15 is 0 Å². The standard InChI is InChI=1S/C30H36N2O7/c1-17-10-11-22(33)25-24(17)29-14-15-32(4)19(3)30(29,36)13-12-23(26(29)39-25)38-27(34)18(2)37-28(35)21(31)16-20-8-6-5-7-9-20/h5-12,18-19,21,26,33,36H,13-16,31H2,1-4H3/t18-,19+,21-,26-,29-,30+/m0/s1. The molecule has 0 bridgehead atoms. The Morgan fingerprint density at radius 1 is 1.21 bits per heavy atom. The summed E-state index contributed by atoms with van der Waals surface area (Å²) in [5.41, 5.74) is 6.34. The first-order chi connectivity index (χ1) is 18.5. The molecule has 9 heteroatoms. The minimum absolute atomic E-state index is 0.0336. The van der Waals surface area contributed by atoms with Gasteiger partial charge in [0.05, 0.1) is 11.0 Å². The minimum Gasteiger partial charge on any atom is -0.504 e. The summed E-state index contributed by atoms with van der Waals surface area (Å²) in [5, 5.41) is 22.9. The van der Waals surface area contributed by atoms with Crippen molar-refractivity contribution in [2.45, 2.75) is 75.3 Å². The Hall–Kier alpha value is -3.40. The lowest BCUT2D eigenvalue weighted by atomic mass is 9.54. The van der Waals surface area contributed by atoms with Crippen LogP contribution in [0.1, 0.15) is 43.4 Å². The van der Waals surface area contributed by atoms with Crippen molar-refractivity contribution >= 4 is 11.9 Å². The summed E-state index contributed by atoms with van der Waals surface area (Å²) in [6.07, 6.45) is 0.627. The van der Waals surface area contributed by atoms with Crippen LogP contribution in [0.4, 0.5) is 0 Å². The van der Waals surface area contributed by atoms with Gasteiger partial charge in [-0.1, -0.05) is 36.4 Å². The number of aryl methyl sites for hydroxylation is 1. The van der Waals surface area contributed by atoms with E-state index in [1.54, 1.807) is 12.1 Å². The Kier molecular flexibility index (Phi) is 6.95.